The fourth-order valence-electron chi connectivity index (χ4n) is 5.47. The maximum atomic E-state index is 13.7. The molecule has 2 saturated heterocycles. The molecule has 1 unspecified atom stereocenters. The summed E-state index contributed by atoms with van der Waals surface area (Å²) in [5.74, 6) is -0.177. The largest absolute Gasteiger partial charge is 0.496 e. The molecule has 0 radical (unpaired) electrons. The number of alkyl halides is 6. The lowest BCUT2D eigenvalue weighted by molar-refractivity contribution is -0.169. The van der Waals surface area contributed by atoms with Crippen LogP contribution in [0.3, 0.4) is 0 Å². The summed E-state index contributed by atoms with van der Waals surface area (Å²) in [7, 11) is 1.48. The molecule has 3 amide bonds. The van der Waals surface area contributed by atoms with E-state index >= 15 is 0 Å². The van der Waals surface area contributed by atoms with E-state index in [2.05, 4.69) is 0 Å². The minimum Gasteiger partial charge on any atom is -0.496 e. The molecule has 0 spiro atoms. The quantitative estimate of drug-likeness (QED) is 0.316. The maximum Gasteiger partial charge on any atom is 0.416 e. The van der Waals surface area contributed by atoms with Crippen molar-refractivity contribution < 1.29 is 50.2 Å². The zero-order valence-corrected chi connectivity index (χ0v) is 23.8. The van der Waals surface area contributed by atoms with E-state index in [-0.39, 0.29) is 50.4 Å². The minimum absolute atomic E-state index is 0.0143. The van der Waals surface area contributed by atoms with Crippen LogP contribution < -0.4 is 10.5 Å². The number of hydrogen-bond donors (Lipinski definition) is 1. The van der Waals surface area contributed by atoms with Crippen LogP contribution in [0.1, 0.15) is 47.9 Å². The number of methoxy groups -OCH3 is 1. The summed E-state index contributed by atoms with van der Waals surface area (Å²) in [5, 5.41) is 0. The Bertz CT molecular complexity index is 1340. The van der Waals surface area contributed by atoms with E-state index in [1.54, 1.807) is 24.3 Å². The lowest BCUT2D eigenvalue weighted by Crippen LogP contribution is -2.71. The normalized spacial score (nSPS) is 19.2. The maximum absolute atomic E-state index is 13.7. The Labute approximate surface area is 249 Å². The lowest BCUT2D eigenvalue weighted by Gasteiger charge is -2.52. The Balaban J connectivity index is 1.60. The molecule has 2 aromatic carbocycles. The number of carbonyl (C=O) groups excluding carboxylic acids is 3. The Hall–Kier alpha value is -4.01. The number of nitrogens with two attached hydrogens (primary N) is 1. The summed E-state index contributed by atoms with van der Waals surface area (Å²) in [6, 6.07) is 7.05. The molecule has 4 rings (SSSR count). The molecule has 2 fully saturated rings. The molecule has 44 heavy (non-hydrogen) atoms. The fourth-order valence-corrected chi connectivity index (χ4v) is 5.47. The van der Waals surface area contributed by atoms with Crippen molar-refractivity contribution in [2.45, 2.75) is 63.4 Å². The van der Waals surface area contributed by atoms with E-state index in [9.17, 15) is 40.7 Å². The van der Waals surface area contributed by atoms with Gasteiger partial charge in [-0.2, -0.15) is 26.3 Å². The van der Waals surface area contributed by atoms with E-state index in [0.29, 0.717) is 42.8 Å². The van der Waals surface area contributed by atoms with Gasteiger partial charge in [0.15, 0.2) is 0 Å². The zero-order valence-electron chi connectivity index (χ0n) is 23.8. The second-order valence-electron chi connectivity index (χ2n) is 10.5. The highest BCUT2D eigenvalue weighted by Crippen LogP contribution is 2.37. The van der Waals surface area contributed by atoms with E-state index in [0.717, 1.165) is 0 Å². The molecule has 240 valence electrons. The molecule has 0 aliphatic carbocycles. The van der Waals surface area contributed by atoms with Gasteiger partial charge in [-0.15, -0.1) is 0 Å². The van der Waals surface area contributed by atoms with Gasteiger partial charge in [-0.1, -0.05) is 18.2 Å². The Kier molecular flexibility index (Phi) is 9.96. The third-order valence-electron chi connectivity index (χ3n) is 7.58. The van der Waals surface area contributed by atoms with E-state index in [4.69, 9.17) is 15.2 Å². The summed E-state index contributed by atoms with van der Waals surface area (Å²) in [6.07, 6.45) is -10.9. The van der Waals surface area contributed by atoms with Crippen LogP contribution in [-0.4, -0.2) is 71.6 Å². The van der Waals surface area contributed by atoms with Crippen molar-refractivity contribution in [3.63, 3.8) is 0 Å². The zero-order chi connectivity index (χ0) is 32.2. The fraction of sp³-hybridized carbons (Fsp3) is 0.483. The van der Waals surface area contributed by atoms with Gasteiger partial charge in [0, 0.05) is 25.1 Å². The third-order valence-corrected chi connectivity index (χ3v) is 7.58. The molecule has 2 aromatic rings. The van der Waals surface area contributed by atoms with Crippen LogP contribution in [0.4, 0.5) is 31.1 Å². The SMILES string of the molecule is COc1ccccc1CN1CC2N(C(=O)OCc3cc(C(F)(F)F)cc(C(F)(F)F)c3)CCC(=O)N2[C@@H](CCCCN)C1=O. The summed E-state index contributed by atoms with van der Waals surface area (Å²) >= 11 is 0. The van der Waals surface area contributed by atoms with Crippen LogP contribution in [0, 0.1) is 0 Å². The first kappa shape index (κ1) is 32.9. The molecular weight excluding hydrogens is 598 g/mol. The van der Waals surface area contributed by atoms with Crippen LogP contribution in [0.5, 0.6) is 5.75 Å². The molecule has 2 N–H and O–H groups in total. The van der Waals surface area contributed by atoms with E-state index < -0.39 is 54.0 Å². The molecule has 0 bridgehead atoms. The van der Waals surface area contributed by atoms with Gasteiger partial charge in [-0.25, -0.2) is 4.79 Å². The summed E-state index contributed by atoms with van der Waals surface area (Å²) in [6.45, 7) is -0.642. The highest BCUT2D eigenvalue weighted by atomic mass is 19.4. The summed E-state index contributed by atoms with van der Waals surface area (Å²) < 4.78 is 90.4. The first-order valence-electron chi connectivity index (χ1n) is 13.9. The van der Waals surface area contributed by atoms with Crippen LogP contribution >= 0.6 is 0 Å². The molecule has 0 saturated carbocycles. The van der Waals surface area contributed by atoms with Gasteiger partial charge in [-0.3, -0.25) is 14.5 Å². The van der Waals surface area contributed by atoms with Crippen LogP contribution in [0.25, 0.3) is 0 Å². The van der Waals surface area contributed by atoms with Crippen molar-refractivity contribution >= 4 is 17.9 Å². The number of ether oxygens (including phenoxy) is 2. The summed E-state index contributed by atoms with van der Waals surface area (Å²) in [5.41, 5.74) is 2.72. The number of carbonyl (C=O) groups is 3. The monoisotopic (exact) mass is 630 g/mol. The Morgan fingerprint density at radius 2 is 1.66 bits per heavy atom. The number of hydrogen-bond acceptors (Lipinski definition) is 6. The van der Waals surface area contributed by atoms with Crippen molar-refractivity contribution in [1.82, 2.24) is 14.7 Å². The van der Waals surface area contributed by atoms with Crippen molar-refractivity contribution in [1.29, 1.82) is 0 Å². The van der Waals surface area contributed by atoms with Crippen LogP contribution in [0.2, 0.25) is 0 Å². The molecule has 2 heterocycles. The molecule has 0 aromatic heterocycles. The van der Waals surface area contributed by atoms with Crippen molar-refractivity contribution in [3.8, 4) is 5.75 Å². The third kappa shape index (κ3) is 7.37. The molecule has 2 aliphatic rings. The Morgan fingerprint density at radius 3 is 2.27 bits per heavy atom. The van der Waals surface area contributed by atoms with E-state index in [1.165, 1.54) is 21.8 Å². The molecule has 2 aliphatic heterocycles. The first-order valence-corrected chi connectivity index (χ1v) is 13.9. The lowest BCUT2D eigenvalue weighted by atomic mass is 9.98. The predicted molar refractivity (Wildman–Crippen MR) is 144 cm³/mol. The Morgan fingerprint density at radius 1 is 1.00 bits per heavy atom. The second kappa shape index (κ2) is 13.3. The number of benzene rings is 2. The van der Waals surface area contributed by atoms with E-state index in [1.807, 2.05) is 0 Å². The number of halogens is 6. The average molecular weight is 631 g/mol. The van der Waals surface area contributed by atoms with Crippen molar-refractivity contribution in [2.24, 2.45) is 5.73 Å². The molecule has 2 atom stereocenters. The number of amides is 3. The molecule has 15 heteroatoms. The smallest absolute Gasteiger partial charge is 0.416 e. The number of rotatable bonds is 9. The molecule has 9 nitrogen and oxygen atoms in total. The van der Waals surface area contributed by atoms with Gasteiger partial charge >= 0.3 is 18.4 Å². The minimum atomic E-state index is -5.06. The van der Waals surface area contributed by atoms with Gasteiger partial charge in [0.2, 0.25) is 11.8 Å². The van der Waals surface area contributed by atoms with Crippen molar-refractivity contribution in [2.75, 3.05) is 26.7 Å². The van der Waals surface area contributed by atoms with Gasteiger partial charge in [0.1, 0.15) is 24.6 Å². The van der Waals surface area contributed by atoms with Gasteiger partial charge in [0.05, 0.1) is 24.8 Å². The van der Waals surface area contributed by atoms with Crippen LogP contribution in [0.15, 0.2) is 42.5 Å². The van der Waals surface area contributed by atoms with Gasteiger partial charge in [0.25, 0.3) is 0 Å². The highest BCUT2D eigenvalue weighted by Gasteiger charge is 2.49. The van der Waals surface area contributed by atoms with Gasteiger partial charge < -0.3 is 25.0 Å². The number of para-hydroxylation sites is 1. The highest BCUT2D eigenvalue weighted by molar-refractivity contribution is 5.90. The number of nitrogens with zero attached hydrogens (tertiary/aromatic N) is 3. The summed E-state index contributed by atoms with van der Waals surface area (Å²) in [4.78, 5) is 44.1. The molecular formula is C29H32F6N4O5. The topological polar surface area (TPSA) is 105 Å². The standard InChI is InChI=1S/C29H32F6N4O5/c1-43-23-8-3-2-6-19(23)15-37-16-24-38(11-9-25(40)39(24)22(26(37)41)7-4-5-10-36)27(42)44-17-18-12-20(28(30,31)32)14-21(13-18)29(33,34)35/h2-3,6,8,12-14,22,24H,4-5,7,9-11,15-17,36H2,1H3/t22-,24?/m0/s1. The number of piperazine rings is 1. The van der Waals surface area contributed by atoms with Crippen molar-refractivity contribution in [3.05, 3.63) is 64.7 Å². The second-order valence-corrected chi connectivity index (χ2v) is 10.5. The number of unbranched alkanes of at least 4 members (excludes halogenated alkanes) is 1. The predicted octanol–water partition coefficient (Wildman–Crippen LogP) is 4.77. The van der Waals surface area contributed by atoms with Crippen LogP contribution in [-0.2, 0) is 39.8 Å². The first-order chi connectivity index (χ1) is 20.7. The average Bonchev–Trinajstić information content (AvgIpc) is 2.97. The van der Waals surface area contributed by atoms with Gasteiger partial charge in [-0.05, 0) is 55.6 Å². The number of fused-ring (bicyclic) bond motifs is 1.